The van der Waals surface area contributed by atoms with Crippen LogP contribution in [0.2, 0.25) is 0 Å². The van der Waals surface area contributed by atoms with Crippen LogP contribution in [0, 0.1) is 0 Å². The number of aliphatic hydroxyl groups excluding tert-OH is 3. The van der Waals surface area contributed by atoms with Crippen LogP contribution >= 0.6 is 0 Å². The Bertz CT molecular complexity index is 368. The molecule has 0 spiro atoms. The third-order valence-corrected chi connectivity index (χ3v) is 2.12. The van der Waals surface area contributed by atoms with Gasteiger partial charge in [0, 0.05) is 12.8 Å². The van der Waals surface area contributed by atoms with Gasteiger partial charge in [-0.15, -0.1) is 0 Å². The van der Waals surface area contributed by atoms with Crippen molar-refractivity contribution in [1.82, 2.24) is 4.98 Å². The van der Waals surface area contributed by atoms with Crippen molar-refractivity contribution in [2.24, 2.45) is 0 Å². The lowest BCUT2D eigenvalue weighted by Crippen LogP contribution is -2.20. The molecule has 0 saturated heterocycles. The summed E-state index contributed by atoms with van der Waals surface area (Å²) in [6.07, 6.45) is -1.22. The highest BCUT2D eigenvalue weighted by Crippen LogP contribution is 2.17. The first-order valence-corrected chi connectivity index (χ1v) is 4.72. The Kier molecular flexibility index (Phi) is 4.36. The van der Waals surface area contributed by atoms with Gasteiger partial charge in [0.2, 0.25) is 0 Å². The van der Waals surface area contributed by atoms with Crippen molar-refractivity contribution < 1.29 is 25.2 Å². The van der Waals surface area contributed by atoms with E-state index in [1.54, 1.807) is 0 Å². The van der Waals surface area contributed by atoms with Crippen LogP contribution in [0.15, 0.2) is 18.3 Å². The number of nitrogens with zero attached hydrogens (tertiary/aromatic N) is 1. The summed E-state index contributed by atoms with van der Waals surface area (Å²) in [5, 5.41) is 36.3. The van der Waals surface area contributed by atoms with Crippen LogP contribution in [0.25, 0.3) is 0 Å². The van der Waals surface area contributed by atoms with Crippen LogP contribution in [0.5, 0.6) is 0 Å². The minimum atomic E-state index is -1.30. The Morgan fingerprint density at radius 3 is 2.69 bits per heavy atom. The Hall–Kier alpha value is -1.50. The van der Waals surface area contributed by atoms with Gasteiger partial charge in [-0.2, -0.15) is 0 Å². The summed E-state index contributed by atoms with van der Waals surface area (Å²) in [7, 11) is 0. The summed E-state index contributed by atoms with van der Waals surface area (Å²) in [4.78, 5) is 14.4. The highest BCUT2D eigenvalue weighted by Gasteiger charge is 2.20. The Labute approximate surface area is 91.8 Å². The number of carboxylic acid groups (broad SMARTS) is 1. The van der Waals surface area contributed by atoms with E-state index in [-0.39, 0.29) is 24.3 Å². The summed E-state index contributed by atoms with van der Waals surface area (Å²) in [5.41, 5.74) is 0.0566. The van der Waals surface area contributed by atoms with E-state index in [2.05, 4.69) is 4.98 Å². The molecule has 0 aliphatic carbocycles. The number of hydrogen-bond acceptors (Lipinski definition) is 5. The molecular formula is C10H13NO5. The van der Waals surface area contributed by atoms with Crippen molar-refractivity contribution in [3.63, 3.8) is 0 Å². The highest BCUT2D eigenvalue weighted by atomic mass is 16.4. The first kappa shape index (κ1) is 12.6. The molecule has 0 fully saturated rings. The van der Waals surface area contributed by atoms with Gasteiger partial charge in [0.05, 0.1) is 17.4 Å². The van der Waals surface area contributed by atoms with E-state index in [0.29, 0.717) is 0 Å². The molecule has 0 aliphatic rings. The van der Waals surface area contributed by atoms with Crippen molar-refractivity contribution in [2.75, 3.05) is 6.61 Å². The monoisotopic (exact) mass is 227 g/mol. The van der Waals surface area contributed by atoms with Gasteiger partial charge in [-0.25, -0.2) is 4.79 Å². The number of hydrogen-bond donors (Lipinski definition) is 4. The number of carbonyl (C=O) groups is 1. The van der Waals surface area contributed by atoms with E-state index in [1.165, 1.54) is 18.3 Å². The predicted octanol–water partition coefficient (Wildman–Crippen LogP) is -0.444. The lowest BCUT2D eigenvalue weighted by atomic mass is 10.1. The van der Waals surface area contributed by atoms with Gasteiger partial charge >= 0.3 is 5.97 Å². The fraction of sp³-hybridized carbons (Fsp3) is 0.400. The van der Waals surface area contributed by atoms with Crippen LogP contribution in [0.1, 0.15) is 28.6 Å². The zero-order valence-corrected chi connectivity index (χ0v) is 8.45. The molecule has 0 bridgehead atoms. The van der Waals surface area contributed by atoms with E-state index in [4.69, 9.17) is 10.2 Å². The van der Waals surface area contributed by atoms with Gasteiger partial charge in [-0.3, -0.25) is 4.98 Å². The highest BCUT2D eigenvalue weighted by molar-refractivity contribution is 5.87. The fourth-order valence-electron chi connectivity index (χ4n) is 1.23. The van der Waals surface area contributed by atoms with Crippen molar-refractivity contribution in [1.29, 1.82) is 0 Å². The molecule has 0 radical (unpaired) electrons. The molecule has 1 aromatic rings. The summed E-state index contributed by atoms with van der Waals surface area (Å²) in [6.45, 7) is -0.267. The van der Waals surface area contributed by atoms with Gasteiger partial charge in [-0.05, 0) is 18.6 Å². The molecule has 1 rings (SSSR count). The third kappa shape index (κ3) is 2.99. The van der Waals surface area contributed by atoms with Crippen LogP contribution in [-0.2, 0) is 0 Å². The van der Waals surface area contributed by atoms with Gasteiger partial charge < -0.3 is 20.4 Å². The quantitative estimate of drug-likeness (QED) is 0.542. The molecular weight excluding hydrogens is 214 g/mol. The number of pyridine rings is 1. The van der Waals surface area contributed by atoms with Gasteiger partial charge in [0.1, 0.15) is 6.10 Å². The predicted molar refractivity (Wildman–Crippen MR) is 53.9 cm³/mol. The molecule has 2 unspecified atom stereocenters. The molecule has 0 aromatic carbocycles. The Morgan fingerprint density at radius 2 is 2.12 bits per heavy atom. The van der Waals surface area contributed by atoms with Crippen molar-refractivity contribution in [2.45, 2.75) is 18.6 Å². The van der Waals surface area contributed by atoms with Crippen LogP contribution < -0.4 is 0 Å². The van der Waals surface area contributed by atoms with Crippen molar-refractivity contribution in [3.8, 4) is 0 Å². The van der Waals surface area contributed by atoms with E-state index in [1.807, 2.05) is 0 Å². The normalized spacial score (nSPS) is 14.4. The fourth-order valence-corrected chi connectivity index (χ4v) is 1.23. The summed E-state index contributed by atoms with van der Waals surface area (Å²) in [6, 6.07) is 2.48. The number of aromatic carboxylic acids is 1. The average Bonchev–Trinajstić information content (AvgIpc) is 2.28. The number of aromatic nitrogens is 1. The van der Waals surface area contributed by atoms with E-state index < -0.39 is 18.2 Å². The third-order valence-electron chi connectivity index (χ3n) is 2.12. The summed E-state index contributed by atoms with van der Waals surface area (Å²) in [5.74, 6) is -1.13. The molecule has 6 nitrogen and oxygen atoms in total. The molecule has 1 heterocycles. The van der Waals surface area contributed by atoms with Gasteiger partial charge in [0.25, 0.3) is 0 Å². The Morgan fingerprint density at radius 1 is 1.44 bits per heavy atom. The molecule has 4 N–H and O–H groups in total. The first-order chi connectivity index (χ1) is 7.56. The number of carboxylic acids is 1. The minimum Gasteiger partial charge on any atom is -0.478 e. The zero-order valence-electron chi connectivity index (χ0n) is 8.45. The standard InChI is InChI=1S/C10H13NO5/c12-4-2-8(13)9(14)7-5-6(10(15)16)1-3-11-7/h1,3,5,8-9,12-14H,2,4H2,(H,15,16). The lowest BCUT2D eigenvalue weighted by Gasteiger charge is -2.16. The second kappa shape index (κ2) is 5.55. The maximum absolute atomic E-state index is 10.7. The summed E-state index contributed by atoms with van der Waals surface area (Å²) < 4.78 is 0. The SMILES string of the molecule is O=C(O)c1ccnc(C(O)C(O)CCO)c1. The zero-order chi connectivity index (χ0) is 12.1. The molecule has 0 aliphatic heterocycles. The molecule has 2 atom stereocenters. The van der Waals surface area contributed by atoms with Crippen LogP contribution in [0.3, 0.4) is 0 Å². The topological polar surface area (TPSA) is 111 Å². The molecule has 0 saturated carbocycles. The van der Waals surface area contributed by atoms with Crippen LogP contribution in [-0.4, -0.2) is 44.1 Å². The van der Waals surface area contributed by atoms with Gasteiger partial charge in [0.15, 0.2) is 0 Å². The maximum Gasteiger partial charge on any atom is 0.335 e. The minimum absolute atomic E-state index is 0.000145. The summed E-state index contributed by atoms with van der Waals surface area (Å²) >= 11 is 0. The van der Waals surface area contributed by atoms with Crippen molar-refractivity contribution in [3.05, 3.63) is 29.6 Å². The van der Waals surface area contributed by atoms with E-state index in [0.717, 1.165) is 0 Å². The maximum atomic E-state index is 10.7. The van der Waals surface area contributed by atoms with Crippen LogP contribution in [0.4, 0.5) is 0 Å². The number of rotatable bonds is 5. The molecule has 88 valence electrons. The van der Waals surface area contributed by atoms with E-state index >= 15 is 0 Å². The second-order valence-electron chi connectivity index (χ2n) is 3.30. The lowest BCUT2D eigenvalue weighted by molar-refractivity contribution is 0.00184. The number of aliphatic hydroxyl groups is 3. The molecule has 16 heavy (non-hydrogen) atoms. The second-order valence-corrected chi connectivity index (χ2v) is 3.30. The largest absolute Gasteiger partial charge is 0.478 e. The van der Waals surface area contributed by atoms with E-state index in [9.17, 15) is 15.0 Å². The van der Waals surface area contributed by atoms with Gasteiger partial charge in [-0.1, -0.05) is 0 Å². The smallest absolute Gasteiger partial charge is 0.335 e. The Balaban J connectivity index is 2.86. The molecule has 1 aromatic heterocycles. The molecule has 0 amide bonds. The molecule has 6 heteroatoms. The average molecular weight is 227 g/mol. The van der Waals surface area contributed by atoms with Crippen molar-refractivity contribution >= 4 is 5.97 Å². The first-order valence-electron chi connectivity index (χ1n) is 4.72.